The van der Waals surface area contributed by atoms with Gasteiger partial charge in [0.05, 0.1) is 0 Å². The third-order valence-electron chi connectivity index (χ3n) is 3.56. The zero-order valence-corrected chi connectivity index (χ0v) is 11.1. The molecule has 0 heterocycles. The number of rotatable bonds is 6. The minimum absolute atomic E-state index is 0.699. The van der Waals surface area contributed by atoms with Crippen LogP contribution in [0.2, 0.25) is 0 Å². The molecule has 0 saturated heterocycles. The van der Waals surface area contributed by atoms with Crippen molar-refractivity contribution in [1.29, 1.82) is 0 Å². The van der Waals surface area contributed by atoms with Gasteiger partial charge in [-0.1, -0.05) is 57.5 Å². The van der Waals surface area contributed by atoms with Crippen molar-refractivity contribution < 1.29 is 0 Å². The fraction of sp³-hybridized carbons (Fsp3) is 0.600. The van der Waals surface area contributed by atoms with Gasteiger partial charge in [0.15, 0.2) is 0 Å². The summed E-state index contributed by atoms with van der Waals surface area (Å²) in [7, 11) is 2.24. The van der Waals surface area contributed by atoms with E-state index >= 15 is 0 Å². The van der Waals surface area contributed by atoms with Gasteiger partial charge in [-0.3, -0.25) is 4.90 Å². The van der Waals surface area contributed by atoms with Crippen LogP contribution in [0, 0.1) is 5.92 Å². The lowest BCUT2D eigenvalue weighted by Gasteiger charge is -2.31. The van der Waals surface area contributed by atoms with Crippen molar-refractivity contribution >= 4 is 0 Å². The highest BCUT2D eigenvalue weighted by atomic mass is 15.1. The Morgan fingerprint density at radius 2 is 1.69 bits per heavy atom. The highest BCUT2D eigenvalue weighted by Gasteiger charge is 2.18. The Kier molecular flexibility index (Phi) is 5.54. The van der Waals surface area contributed by atoms with Crippen LogP contribution in [0.25, 0.3) is 0 Å². The molecule has 0 bridgehead atoms. The summed E-state index contributed by atoms with van der Waals surface area (Å²) in [5.41, 5.74) is 1.41. The molecule has 0 saturated carbocycles. The van der Waals surface area contributed by atoms with Crippen LogP contribution in [0.15, 0.2) is 30.3 Å². The Hall–Kier alpha value is -0.820. The normalized spacial score (nSPS) is 15.1. The van der Waals surface area contributed by atoms with Crippen LogP contribution < -0.4 is 0 Å². The Labute approximate surface area is 100 Å². The topological polar surface area (TPSA) is 3.24 Å². The monoisotopic (exact) mass is 219 g/mol. The molecule has 0 fully saturated rings. The smallest absolute Gasteiger partial charge is 0.0233 e. The van der Waals surface area contributed by atoms with Crippen molar-refractivity contribution in [2.24, 2.45) is 5.92 Å². The molecule has 0 aliphatic heterocycles. The summed E-state index contributed by atoms with van der Waals surface area (Å²) < 4.78 is 0. The van der Waals surface area contributed by atoms with E-state index in [4.69, 9.17) is 0 Å². The fourth-order valence-electron chi connectivity index (χ4n) is 2.41. The maximum Gasteiger partial charge on any atom is 0.0233 e. The molecule has 1 rings (SSSR count). The van der Waals surface area contributed by atoms with Gasteiger partial charge in [-0.05, 0) is 24.9 Å². The van der Waals surface area contributed by atoms with Gasteiger partial charge in [-0.2, -0.15) is 0 Å². The Bertz CT molecular complexity index is 281. The van der Waals surface area contributed by atoms with Crippen LogP contribution in [-0.4, -0.2) is 18.0 Å². The van der Waals surface area contributed by atoms with Crippen LogP contribution in [0.4, 0.5) is 0 Å². The summed E-state index contributed by atoms with van der Waals surface area (Å²) >= 11 is 0. The van der Waals surface area contributed by atoms with Gasteiger partial charge in [0.1, 0.15) is 0 Å². The van der Waals surface area contributed by atoms with Crippen LogP contribution >= 0.6 is 0 Å². The molecule has 1 nitrogen and oxygen atoms in total. The van der Waals surface area contributed by atoms with Crippen LogP contribution in [-0.2, 0) is 6.54 Å². The average molecular weight is 219 g/mol. The SMILES string of the molecule is CCC(C)C(CC)N(C)Cc1ccccc1. The summed E-state index contributed by atoms with van der Waals surface area (Å²) in [4.78, 5) is 2.49. The predicted molar refractivity (Wildman–Crippen MR) is 71.4 cm³/mol. The molecule has 1 aromatic carbocycles. The zero-order chi connectivity index (χ0) is 12.0. The maximum absolute atomic E-state index is 2.49. The van der Waals surface area contributed by atoms with Crippen LogP contribution in [0.3, 0.4) is 0 Å². The van der Waals surface area contributed by atoms with Gasteiger partial charge in [-0.25, -0.2) is 0 Å². The van der Waals surface area contributed by atoms with Crippen LogP contribution in [0.5, 0.6) is 0 Å². The molecule has 0 aromatic heterocycles. The van der Waals surface area contributed by atoms with E-state index in [2.05, 4.69) is 63.1 Å². The standard InChI is InChI=1S/C15H25N/c1-5-13(3)15(6-2)16(4)12-14-10-8-7-9-11-14/h7-11,13,15H,5-6,12H2,1-4H3. The molecule has 90 valence electrons. The molecule has 0 aliphatic rings. The van der Waals surface area contributed by atoms with Gasteiger partial charge in [0, 0.05) is 12.6 Å². The molecule has 1 heteroatoms. The second-order valence-corrected chi connectivity index (χ2v) is 4.76. The molecule has 0 spiro atoms. The van der Waals surface area contributed by atoms with Gasteiger partial charge in [0.2, 0.25) is 0 Å². The van der Waals surface area contributed by atoms with E-state index < -0.39 is 0 Å². The average Bonchev–Trinajstić information content (AvgIpc) is 2.31. The second-order valence-electron chi connectivity index (χ2n) is 4.76. The van der Waals surface area contributed by atoms with Crippen molar-refractivity contribution in [3.8, 4) is 0 Å². The van der Waals surface area contributed by atoms with E-state index in [1.54, 1.807) is 0 Å². The number of nitrogens with zero attached hydrogens (tertiary/aromatic N) is 1. The second kappa shape index (κ2) is 6.70. The third-order valence-corrected chi connectivity index (χ3v) is 3.56. The fourth-order valence-corrected chi connectivity index (χ4v) is 2.41. The lowest BCUT2D eigenvalue weighted by atomic mass is 9.95. The summed E-state index contributed by atoms with van der Waals surface area (Å²) in [6.07, 6.45) is 2.50. The first-order valence-electron chi connectivity index (χ1n) is 6.43. The molecule has 2 unspecified atom stereocenters. The van der Waals surface area contributed by atoms with E-state index in [1.165, 1.54) is 18.4 Å². The van der Waals surface area contributed by atoms with Crippen molar-refractivity contribution in [2.45, 2.75) is 46.2 Å². The number of hydrogen-bond donors (Lipinski definition) is 0. The molecule has 0 radical (unpaired) electrons. The van der Waals surface area contributed by atoms with Gasteiger partial charge < -0.3 is 0 Å². The number of hydrogen-bond acceptors (Lipinski definition) is 1. The molecule has 0 aliphatic carbocycles. The molecular formula is C15H25N. The summed E-state index contributed by atoms with van der Waals surface area (Å²) in [5, 5.41) is 0. The van der Waals surface area contributed by atoms with Crippen molar-refractivity contribution in [1.82, 2.24) is 4.90 Å². The first-order chi connectivity index (χ1) is 7.69. The minimum Gasteiger partial charge on any atom is -0.299 e. The first kappa shape index (κ1) is 13.2. The number of benzene rings is 1. The van der Waals surface area contributed by atoms with Gasteiger partial charge in [-0.15, -0.1) is 0 Å². The van der Waals surface area contributed by atoms with E-state index in [0.717, 1.165) is 12.5 Å². The lowest BCUT2D eigenvalue weighted by Crippen LogP contribution is -2.35. The summed E-state index contributed by atoms with van der Waals surface area (Å²) in [6, 6.07) is 11.4. The van der Waals surface area contributed by atoms with Crippen molar-refractivity contribution in [2.75, 3.05) is 7.05 Å². The van der Waals surface area contributed by atoms with E-state index in [9.17, 15) is 0 Å². The van der Waals surface area contributed by atoms with E-state index in [-0.39, 0.29) is 0 Å². The third kappa shape index (κ3) is 3.64. The highest BCUT2D eigenvalue weighted by molar-refractivity contribution is 5.14. The zero-order valence-electron chi connectivity index (χ0n) is 11.1. The molecule has 1 aromatic rings. The maximum atomic E-state index is 2.49. The van der Waals surface area contributed by atoms with Crippen molar-refractivity contribution in [3.63, 3.8) is 0 Å². The first-order valence-corrected chi connectivity index (χ1v) is 6.43. The van der Waals surface area contributed by atoms with Gasteiger partial charge in [0.25, 0.3) is 0 Å². The van der Waals surface area contributed by atoms with Crippen molar-refractivity contribution in [3.05, 3.63) is 35.9 Å². The Morgan fingerprint density at radius 1 is 1.06 bits per heavy atom. The minimum atomic E-state index is 0.699. The van der Waals surface area contributed by atoms with E-state index in [0.29, 0.717) is 6.04 Å². The van der Waals surface area contributed by atoms with E-state index in [1.807, 2.05) is 0 Å². The van der Waals surface area contributed by atoms with Gasteiger partial charge >= 0.3 is 0 Å². The largest absolute Gasteiger partial charge is 0.299 e. The highest BCUT2D eigenvalue weighted by Crippen LogP contribution is 2.18. The molecular weight excluding hydrogens is 194 g/mol. The predicted octanol–water partition coefficient (Wildman–Crippen LogP) is 3.94. The summed E-state index contributed by atoms with van der Waals surface area (Å²) in [6.45, 7) is 7.99. The molecule has 2 atom stereocenters. The quantitative estimate of drug-likeness (QED) is 0.700. The lowest BCUT2D eigenvalue weighted by molar-refractivity contribution is 0.167. The Balaban J connectivity index is 2.59. The molecule has 16 heavy (non-hydrogen) atoms. The molecule has 0 N–H and O–H groups in total. The van der Waals surface area contributed by atoms with Crippen LogP contribution in [0.1, 0.15) is 39.2 Å². The summed E-state index contributed by atoms with van der Waals surface area (Å²) in [5.74, 6) is 0.777. The Morgan fingerprint density at radius 3 is 2.19 bits per heavy atom. The molecule has 0 amide bonds.